The number of carbonyl (C=O) groups is 1. The summed E-state index contributed by atoms with van der Waals surface area (Å²) in [6.07, 6.45) is 5.98. The molecule has 1 aliphatic rings. The van der Waals surface area contributed by atoms with Crippen LogP contribution in [0.3, 0.4) is 0 Å². The third-order valence-corrected chi connectivity index (χ3v) is 6.26. The standard InChI is InChI=1S/C19H24ClFN4OS/c1-13-22-23-19(25(13)14-7-4-3-5-8-14)27-12-18(26)24(2)11-15-16(20)9-6-10-17(15)21/h6,9-10,14H,3-5,7-8,11-12H2,1-2H3. The number of benzene rings is 1. The second-order valence-corrected chi connectivity index (χ2v) is 8.28. The molecule has 0 atom stereocenters. The second-order valence-electron chi connectivity index (χ2n) is 6.93. The number of hydrogen-bond donors (Lipinski definition) is 0. The predicted molar refractivity (Wildman–Crippen MR) is 105 cm³/mol. The largest absolute Gasteiger partial charge is 0.341 e. The maximum Gasteiger partial charge on any atom is 0.233 e. The Bertz CT molecular complexity index is 787. The van der Waals surface area contributed by atoms with Gasteiger partial charge in [-0.15, -0.1) is 10.2 Å². The lowest BCUT2D eigenvalue weighted by molar-refractivity contribution is -0.127. The summed E-state index contributed by atoms with van der Waals surface area (Å²) in [6.45, 7) is 2.10. The Morgan fingerprint density at radius 1 is 1.33 bits per heavy atom. The molecular formula is C19H24ClFN4OS. The first-order chi connectivity index (χ1) is 13.0. The molecule has 0 saturated heterocycles. The molecule has 1 aromatic carbocycles. The molecule has 146 valence electrons. The molecule has 0 aliphatic heterocycles. The Hall–Kier alpha value is -1.60. The Balaban J connectivity index is 1.62. The fourth-order valence-corrected chi connectivity index (χ4v) is 4.67. The van der Waals surface area contributed by atoms with Crippen LogP contribution in [-0.4, -0.2) is 38.4 Å². The quantitative estimate of drug-likeness (QED) is 0.651. The lowest BCUT2D eigenvalue weighted by Crippen LogP contribution is -2.28. The highest BCUT2D eigenvalue weighted by Gasteiger charge is 2.22. The summed E-state index contributed by atoms with van der Waals surface area (Å²) in [4.78, 5) is 14.0. The van der Waals surface area contributed by atoms with Gasteiger partial charge in [0, 0.05) is 30.2 Å². The highest BCUT2D eigenvalue weighted by Crippen LogP contribution is 2.32. The first-order valence-corrected chi connectivity index (χ1v) is 10.5. The lowest BCUT2D eigenvalue weighted by atomic mass is 9.95. The fraction of sp³-hybridized carbons (Fsp3) is 0.526. The van der Waals surface area contributed by atoms with Gasteiger partial charge < -0.3 is 9.47 Å². The van der Waals surface area contributed by atoms with Gasteiger partial charge in [0.15, 0.2) is 5.16 Å². The van der Waals surface area contributed by atoms with E-state index in [-0.39, 0.29) is 18.2 Å². The molecule has 1 amide bonds. The minimum absolute atomic E-state index is 0.102. The molecule has 0 bridgehead atoms. The van der Waals surface area contributed by atoms with Crippen molar-refractivity contribution in [1.29, 1.82) is 0 Å². The van der Waals surface area contributed by atoms with Crippen LogP contribution in [0.4, 0.5) is 4.39 Å². The molecule has 1 heterocycles. The van der Waals surface area contributed by atoms with E-state index in [9.17, 15) is 9.18 Å². The van der Waals surface area contributed by atoms with Crippen molar-refractivity contribution >= 4 is 29.3 Å². The van der Waals surface area contributed by atoms with E-state index >= 15 is 0 Å². The minimum atomic E-state index is -0.400. The van der Waals surface area contributed by atoms with Crippen molar-refractivity contribution in [2.45, 2.75) is 56.8 Å². The molecule has 0 N–H and O–H groups in total. The molecule has 0 radical (unpaired) electrons. The molecule has 1 aliphatic carbocycles. The van der Waals surface area contributed by atoms with Crippen LogP contribution in [0.1, 0.15) is 49.5 Å². The van der Waals surface area contributed by atoms with Crippen LogP contribution >= 0.6 is 23.4 Å². The number of thioether (sulfide) groups is 1. The zero-order valence-corrected chi connectivity index (χ0v) is 17.2. The van der Waals surface area contributed by atoms with Gasteiger partial charge in [0.25, 0.3) is 0 Å². The van der Waals surface area contributed by atoms with Gasteiger partial charge >= 0.3 is 0 Å². The van der Waals surface area contributed by atoms with E-state index in [1.807, 2.05) is 6.92 Å². The first kappa shape index (κ1) is 20.1. The summed E-state index contributed by atoms with van der Waals surface area (Å²) in [7, 11) is 1.66. The predicted octanol–water partition coefficient (Wildman–Crippen LogP) is 4.63. The highest BCUT2D eigenvalue weighted by molar-refractivity contribution is 7.99. The van der Waals surface area contributed by atoms with Crippen molar-refractivity contribution in [1.82, 2.24) is 19.7 Å². The average molecular weight is 411 g/mol. The number of amides is 1. The van der Waals surface area contributed by atoms with E-state index in [0.717, 1.165) is 23.8 Å². The van der Waals surface area contributed by atoms with Gasteiger partial charge in [0.2, 0.25) is 5.91 Å². The van der Waals surface area contributed by atoms with E-state index in [4.69, 9.17) is 11.6 Å². The molecule has 1 aromatic heterocycles. The topological polar surface area (TPSA) is 51.0 Å². The molecule has 0 spiro atoms. The maximum absolute atomic E-state index is 13.9. The van der Waals surface area contributed by atoms with Gasteiger partial charge in [-0.2, -0.15) is 0 Å². The van der Waals surface area contributed by atoms with Gasteiger partial charge in [-0.05, 0) is 31.9 Å². The van der Waals surface area contributed by atoms with E-state index in [1.165, 1.54) is 42.0 Å². The number of hydrogen-bond acceptors (Lipinski definition) is 4. The van der Waals surface area contributed by atoms with Crippen LogP contribution in [0.15, 0.2) is 23.4 Å². The van der Waals surface area contributed by atoms with E-state index in [1.54, 1.807) is 19.2 Å². The third kappa shape index (κ3) is 4.82. The smallest absolute Gasteiger partial charge is 0.233 e. The molecule has 27 heavy (non-hydrogen) atoms. The van der Waals surface area contributed by atoms with Gasteiger partial charge in [-0.25, -0.2) is 4.39 Å². The fourth-order valence-electron chi connectivity index (χ4n) is 3.45. The number of rotatable bonds is 6. The van der Waals surface area contributed by atoms with Crippen LogP contribution < -0.4 is 0 Å². The van der Waals surface area contributed by atoms with E-state index < -0.39 is 5.82 Å². The van der Waals surface area contributed by atoms with Crippen molar-refractivity contribution in [3.05, 3.63) is 40.4 Å². The van der Waals surface area contributed by atoms with Crippen molar-refractivity contribution < 1.29 is 9.18 Å². The SMILES string of the molecule is Cc1nnc(SCC(=O)N(C)Cc2c(F)cccc2Cl)n1C1CCCCC1. The molecule has 2 aromatic rings. The molecule has 5 nitrogen and oxygen atoms in total. The zero-order chi connectivity index (χ0) is 19.4. The van der Waals surface area contributed by atoms with Gasteiger partial charge in [0.05, 0.1) is 5.75 Å². The Kier molecular flexibility index (Phi) is 6.76. The molecule has 8 heteroatoms. The van der Waals surface area contributed by atoms with E-state index in [0.29, 0.717) is 16.6 Å². The molecule has 0 unspecified atom stereocenters. The Labute approximate surface area is 168 Å². The zero-order valence-electron chi connectivity index (χ0n) is 15.6. The van der Waals surface area contributed by atoms with Crippen molar-refractivity contribution in [2.75, 3.05) is 12.8 Å². The monoisotopic (exact) mass is 410 g/mol. The summed E-state index contributed by atoms with van der Waals surface area (Å²) in [5.74, 6) is 0.619. The van der Waals surface area contributed by atoms with Gasteiger partial charge in [-0.1, -0.05) is 48.7 Å². The number of aryl methyl sites for hydroxylation is 1. The molecule has 3 rings (SSSR count). The lowest BCUT2D eigenvalue weighted by Gasteiger charge is -2.25. The average Bonchev–Trinajstić information content (AvgIpc) is 3.04. The number of aromatic nitrogens is 3. The number of nitrogens with zero attached hydrogens (tertiary/aromatic N) is 4. The number of halogens is 2. The van der Waals surface area contributed by atoms with E-state index in [2.05, 4.69) is 14.8 Å². The molecule has 1 saturated carbocycles. The summed E-state index contributed by atoms with van der Waals surface area (Å²) in [5.41, 5.74) is 0.334. The minimum Gasteiger partial charge on any atom is -0.341 e. The van der Waals surface area contributed by atoms with Crippen LogP contribution in [0, 0.1) is 12.7 Å². The van der Waals surface area contributed by atoms with Crippen LogP contribution in [0.2, 0.25) is 5.02 Å². The first-order valence-electron chi connectivity index (χ1n) is 9.18. The van der Waals surface area contributed by atoms with Gasteiger partial charge in [-0.3, -0.25) is 4.79 Å². The highest BCUT2D eigenvalue weighted by atomic mass is 35.5. The normalized spacial score (nSPS) is 15.1. The molecule has 1 fully saturated rings. The van der Waals surface area contributed by atoms with Crippen LogP contribution in [-0.2, 0) is 11.3 Å². The second kappa shape index (κ2) is 9.06. The van der Waals surface area contributed by atoms with Crippen molar-refractivity contribution in [3.63, 3.8) is 0 Å². The Morgan fingerprint density at radius 2 is 2.07 bits per heavy atom. The van der Waals surface area contributed by atoms with Crippen molar-refractivity contribution in [3.8, 4) is 0 Å². The van der Waals surface area contributed by atoms with Crippen LogP contribution in [0.5, 0.6) is 0 Å². The summed E-state index contributed by atoms with van der Waals surface area (Å²) in [5, 5.41) is 9.58. The summed E-state index contributed by atoms with van der Waals surface area (Å²) in [6, 6.07) is 4.95. The van der Waals surface area contributed by atoms with Crippen molar-refractivity contribution in [2.24, 2.45) is 0 Å². The number of carbonyl (C=O) groups excluding carboxylic acids is 1. The molecular weight excluding hydrogens is 387 g/mol. The summed E-state index contributed by atoms with van der Waals surface area (Å²) < 4.78 is 16.1. The Morgan fingerprint density at radius 3 is 2.78 bits per heavy atom. The maximum atomic E-state index is 13.9. The third-order valence-electron chi connectivity index (χ3n) is 4.98. The van der Waals surface area contributed by atoms with Gasteiger partial charge in [0.1, 0.15) is 11.6 Å². The summed E-state index contributed by atoms with van der Waals surface area (Å²) >= 11 is 7.44. The van der Waals surface area contributed by atoms with Crippen LogP contribution in [0.25, 0.3) is 0 Å².